The molecule has 2 aliphatic carbocycles. The third kappa shape index (κ3) is 1.42. The second-order valence-corrected chi connectivity index (χ2v) is 6.21. The van der Waals surface area contributed by atoms with Gasteiger partial charge in [0.2, 0.25) is 0 Å². The molecule has 1 heterocycles. The SMILES string of the molecule is ClC(c1cccs1)C1CC2CCC1C2. The summed E-state index contributed by atoms with van der Waals surface area (Å²) in [6.07, 6.45) is 5.75. The van der Waals surface area contributed by atoms with Crippen molar-refractivity contribution in [1.82, 2.24) is 0 Å². The van der Waals surface area contributed by atoms with E-state index in [1.807, 2.05) is 11.3 Å². The molecule has 2 saturated carbocycles. The van der Waals surface area contributed by atoms with E-state index in [9.17, 15) is 0 Å². The molecule has 2 aliphatic rings. The molecule has 2 bridgehead atoms. The van der Waals surface area contributed by atoms with Crippen molar-refractivity contribution in [3.8, 4) is 0 Å². The van der Waals surface area contributed by atoms with Crippen LogP contribution in [-0.2, 0) is 0 Å². The monoisotopic (exact) mass is 226 g/mol. The van der Waals surface area contributed by atoms with Gasteiger partial charge in [-0.05, 0) is 48.5 Å². The topological polar surface area (TPSA) is 0 Å². The molecular formula is C12H15ClS. The van der Waals surface area contributed by atoms with Crippen molar-refractivity contribution in [2.45, 2.75) is 31.1 Å². The number of hydrogen-bond acceptors (Lipinski definition) is 1. The maximum Gasteiger partial charge on any atom is 0.0709 e. The van der Waals surface area contributed by atoms with Gasteiger partial charge in [-0.2, -0.15) is 0 Å². The Labute approximate surface area is 94.3 Å². The van der Waals surface area contributed by atoms with E-state index < -0.39 is 0 Å². The van der Waals surface area contributed by atoms with Crippen LogP contribution in [0.4, 0.5) is 0 Å². The van der Waals surface area contributed by atoms with Crippen LogP contribution in [0.25, 0.3) is 0 Å². The van der Waals surface area contributed by atoms with Crippen LogP contribution in [0.3, 0.4) is 0 Å². The lowest BCUT2D eigenvalue weighted by molar-refractivity contribution is 0.325. The molecule has 76 valence electrons. The zero-order chi connectivity index (χ0) is 9.54. The highest BCUT2D eigenvalue weighted by molar-refractivity contribution is 7.10. The van der Waals surface area contributed by atoms with Crippen molar-refractivity contribution < 1.29 is 0 Å². The van der Waals surface area contributed by atoms with Crippen LogP contribution in [0.2, 0.25) is 0 Å². The van der Waals surface area contributed by atoms with Gasteiger partial charge in [0.05, 0.1) is 5.38 Å². The van der Waals surface area contributed by atoms with Crippen LogP contribution >= 0.6 is 22.9 Å². The van der Waals surface area contributed by atoms with Gasteiger partial charge in [-0.1, -0.05) is 12.5 Å². The number of fused-ring (bicyclic) bond motifs is 2. The summed E-state index contributed by atoms with van der Waals surface area (Å²) in [6, 6.07) is 4.30. The fraction of sp³-hybridized carbons (Fsp3) is 0.667. The lowest BCUT2D eigenvalue weighted by Gasteiger charge is -2.25. The zero-order valence-corrected chi connectivity index (χ0v) is 9.73. The second-order valence-electron chi connectivity index (χ2n) is 4.76. The molecule has 0 spiro atoms. The molecule has 0 N–H and O–H groups in total. The highest BCUT2D eigenvalue weighted by Gasteiger charge is 2.43. The Balaban J connectivity index is 1.77. The normalized spacial score (nSPS) is 37.6. The summed E-state index contributed by atoms with van der Waals surface area (Å²) in [4.78, 5) is 1.38. The fourth-order valence-corrected chi connectivity index (χ4v) is 4.62. The number of thiophene rings is 1. The first-order valence-electron chi connectivity index (χ1n) is 5.52. The van der Waals surface area contributed by atoms with Crippen molar-refractivity contribution in [2.24, 2.45) is 17.8 Å². The number of hydrogen-bond donors (Lipinski definition) is 0. The quantitative estimate of drug-likeness (QED) is 0.653. The zero-order valence-electron chi connectivity index (χ0n) is 8.16. The van der Waals surface area contributed by atoms with Gasteiger partial charge in [0.15, 0.2) is 0 Å². The van der Waals surface area contributed by atoms with E-state index in [0.29, 0.717) is 5.38 Å². The van der Waals surface area contributed by atoms with E-state index in [4.69, 9.17) is 11.6 Å². The van der Waals surface area contributed by atoms with Crippen LogP contribution in [-0.4, -0.2) is 0 Å². The first-order chi connectivity index (χ1) is 6.84. The summed E-state index contributed by atoms with van der Waals surface area (Å²) >= 11 is 8.37. The van der Waals surface area contributed by atoms with Crippen LogP contribution in [0, 0.1) is 17.8 Å². The maximum atomic E-state index is 6.56. The van der Waals surface area contributed by atoms with Gasteiger partial charge in [-0.25, -0.2) is 0 Å². The highest BCUT2D eigenvalue weighted by atomic mass is 35.5. The smallest absolute Gasteiger partial charge is 0.0709 e. The predicted octanol–water partition coefficient (Wildman–Crippen LogP) is 4.46. The largest absolute Gasteiger partial charge is 0.147 e. The summed E-state index contributed by atoms with van der Waals surface area (Å²) in [7, 11) is 0. The van der Waals surface area contributed by atoms with Gasteiger partial charge in [0.1, 0.15) is 0 Å². The molecule has 2 heteroatoms. The lowest BCUT2D eigenvalue weighted by Crippen LogP contribution is -2.14. The number of alkyl halides is 1. The molecule has 4 unspecified atom stereocenters. The van der Waals surface area contributed by atoms with Crippen LogP contribution < -0.4 is 0 Å². The van der Waals surface area contributed by atoms with E-state index in [2.05, 4.69) is 17.5 Å². The average molecular weight is 227 g/mol. The molecule has 3 rings (SSSR count). The standard InChI is InChI=1S/C12H15ClS/c13-12(11-2-1-5-14-11)10-7-8-3-4-9(10)6-8/h1-2,5,8-10,12H,3-4,6-7H2. The van der Waals surface area contributed by atoms with Gasteiger partial charge in [-0.3, -0.25) is 0 Å². The summed E-state index contributed by atoms with van der Waals surface area (Å²) in [6.45, 7) is 0. The molecule has 14 heavy (non-hydrogen) atoms. The highest BCUT2D eigenvalue weighted by Crippen LogP contribution is 2.54. The molecule has 0 nitrogen and oxygen atoms in total. The predicted molar refractivity (Wildman–Crippen MR) is 61.9 cm³/mol. The molecule has 2 fully saturated rings. The molecule has 1 aromatic heterocycles. The third-order valence-corrected chi connectivity index (χ3v) is 5.63. The molecule has 0 saturated heterocycles. The molecule has 1 aromatic rings. The van der Waals surface area contributed by atoms with E-state index in [0.717, 1.165) is 17.8 Å². The molecule has 4 atom stereocenters. The summed E-state index contributed by atoms with van der Waals surface area (Å²) in [5, 5.41) is 2.43. The van der Waals surface area contributed by atoms with Crippen molar-refractivity contribution in [1.29, 1.82) is 0 Å². The first-order valence-corrected chi connectivity index (χ1v) is 6.83. The average Bonchev–Trinajstić information content (AvgIpc) is 2.93. The van der Waals surface area contributed by atoms with E-state index in [1.54, 1.807) is 0 Å². The van der Waals surface area contributed by atoms with Crippen LogP contribution in [0.15, 0.2) is 17.5 Å². The molecule has 0 radical (unpaired) electrons. The lowest BCUT2D eigenvalue weighted by atomic mass is 9.86. The first kappa shape index (κ1) is 9.23. The van der Waals surface area contributed by atoms with Crippen molar-refractivity contribution >= 4 is 22.9 Å². The van der Waals surface area contributed by atoms with Crippen molar-refractivity contribution in [3.63, 3.8) is 0 Å². The van der Waals surface area contributed by atoms with E-state index in [-0.39, 0.29) is 0 Å². The van der Waals surface area contributed by atoms with Gasteiger partial charge < -0.3 is 0 Å². The Bertz CT molecular complexity index is 306. The van der Waals surface area contributed by atoms with Gasteiger partial charge >= 0.3 is 0 Å². The Kier molecular flexibility index (Phi) is 2.33. The molecule has 0 aliphatic heterocycles. The Morgan fingerprint density at radius 3 is 2.86 bits per heavy atom. The third-order valence-electron chi connectivity index (χ3n) is 3.98. The van der Waals surface area contributed by atoms with E-state index in [1.165, 1.54) is 30.6 Å². The van der Waals surface area contributed by atoms with Crippen LogP contribution in [0.1, 0.15) is 35.9 Å². The van der Waals surface area contributed by atoms with Gasteiger partial charge in [0, 0.05) is 4.88 Å². The minimum absolute atomic E-state index is 0.297. The minimum atomic E-state index is 0.297. The molecule has 0 aromatic carbocycles. The van der Waals surface area contributed by atoms with Crippen LogP contribution in [0.5, 0.6) is 0 Å². The van der Waals surface area contributed by atoms with Crippen molar-refractivity contribution in [2.75, 3.05) is 0 Å². The second kappa shape index (κ2) is 3.53. The van der Waals surface area contributed by atoms with Gasteiger partial charge in [0.25, 0.3) is 0 Å². The number of rotatable bonds is 2. The summed E-state index contributed by atoms with van der Waals surface area (Å²) in [5.41, 5.74) is 0. The Morgan fingerprint density at radius 1 is 1.36 bits per heavy atom. The summed E-state index contributed by atoms with van der Waals surface area (Å²) < 4.78 is 0. The van der Waals surface area contributed by atoms with Crippen molar-refractivity contribution in [3.05, 3.63) is 22.4 Å². The van der Waals surface area contributed by atoms with E-state index >= 15 is 0 Å². The molecular weight excluding hydrogens is 212 g/mol. The minimum Gasteiger partial charge on any atom is -0.147 e. The summed E-state index contributed by atoms with van der Waals surface area (Å²) in [5.74, 6) is 2.71. The molecule has 0 amide bonds. The Morgan fingerprint density at radius 2 is 2.29 bits per heavy atom. The maximum absolute atomic E-state index is 6.56. The fourth-order valence-electron chi connectivity index (χ4n) is 3.31. The number of halogens is 1. The van der Waals surface area contributed by atoms with Gasteiger partial charge in [-0.15, -0.1) is 22.9 Å². The Hall–Kier alpha value is -0.0100.